The number of nitrogens with two attached hydrogens (primary N) is 1. The molecule has 2 aromatic rings. The van der Waals surface area contributed by atoms with Gasteiger partial charge in [-0.1, -0.05) is 12.1 Å². The molecule has 0 aliphatic carbocycles. The van der Waals surface area contributed by atoms with Crippen LogP contribution in [-0.2, 0) is 0 Å². The molecule has 3 N–H and O–H groups in total. The Hall–Kier alpha value is -1.59. The number of anilines is 1. The first-order chi connectivity index (χ1) is 8.25. The summed E-state index contributed by atoms with van der Waals surface area (Å²) in [6, 6.07) is 9.06. The van der Waals surface area contributed by atoms with E-state index in [1.807, 2.05) is 18.2 Å². The van der Waals surface area contributed by atoms with E-state index in [9.17, 15) is 5.11 Å². The molecule has 1 aromatic heterocycles. The minimum absolute atomic E-state index is 0.518. The molecule has 0 aliphatic rings. The van der Waals surface area contributed by atoms with Crippen LogP contribution in [0.5, 0.6) is 0 Å². The molecule has 0 saturated carbocycles. The summed E-state index contributed by atoms with van der Waals surface area (Å²) in [6.45, 7) is 0. The van der Waals surface area contributed by atoms with Crippen LogP contribution in [0.2, 0.25) is 0 Å². The van der Waals surface area contributed by atoms with Crippen molar-refractivity contribution < 1.29 is 5.11 Å². The number of aromatic nitrogens is 2. The first-order valence-electron chi connectivity index (χ1n) is 5.18. The molecule has 0 bridgehead atoms. The number of hydrogen-bond donors (Lipinski definition) is 2. The number of nitrogen functional groups attached to an aromatic ring is 1. The van der Waals surface area contributed by atoms with Gasteiger partial charge >= 0.3 is 0 Å². The van der Waals surface area contributed by atoms with Crippen molar-refractivity contribution in [2.75, 3.05) is 11.5 Å². The van der Waals surface area contributed by atoms with Gasteiger partial charge in [-0.15, -0.1) is 11.8 Å². The van der Waals surface area contributed by atoms with E-state index in [-0.39, 0.29) is 0 Å². The Kier molecular flexibility index (Phi) is 3.95. The Morgan fingerprint density at radius 1 is 1.24 bits per heavy atom. The summed E-state index contributed by atoms with van der Waals surface area (Å²) in [5.41, 5.74) is 7.15. The molecule has 0 amide bonds. The smallest absolute Gasteiger partial charge is 0.116 e. The third kappa shape index (κ3) is 3.44. The average molecular weight is 247 g/mol. The molecule has 17 heavy (non-hydrogen) atoms. The summed E-state index contributed by atoms with van der Waals surface area (Å²) < 4.78 is 0. The molecule has 0 aliphatic heterocycles. The van der Waals surface area contributed by atoms with Gasteiger partial charge in [-0.05, 0) is 23.8 Å². The van der Waals surface area contributed by atoms with Gasteiger partial charge in [-0.25, -0.2) is 9.97 Å². The minimum Gasteiger partial charge on any atom is -0.399 e. The molecular weight excluding hydrogens is 234 g/mol. The summed E-state index contributed by atoms with van der Waals surface area (Å²) in [6.07, 6.45) is 2.67. The Morgan fingerprint density at radius 3 is 2.65 bits per heavy atom. The summed E-state index contributed by atoms with van der Waals surface area (Å²) in [5, 5.41) is 10.8. The maximum absolute atomic E-state index is 9.97. The lowest BCUT2D eigenvalue weighted by Gasteiger charge is -2.10. The second-order valence-electron chi connectivity index (χ2n) is 3.54. The van der Waals surface area contributed by atoms with Crippen molar-refractivity contribution >= 4 is 17.4 Å². The van der Waals surface area contributed by atoms with E-state index in [2.05, 4.69) is 9.97 Å². The number of hydrogen-bond acceptors (Lipinski definition) is 5. The van der Waals surface area contributed by atoms with Gasteiger partial charge in [0.15, 0.2) is 0 Å². The predicted molar refractivity (Wildman–Crippen MR) is 68.6 cm³/mol. The van der Waals surface area contributed by atoms with E-state index in [0.717, 1.165) is 10.6 Å². The third-order valence-corrected chi connectivity index (χ3v) is 3.28. The number of benzene rings is 1. The molecule has 1 unspecified atom stereocenters. The Bertz CT molecular complexity index is 461. The van der Waals surface area contributed by atoms with Crippen LogP contribution in [0.25, 0.3) is 0 Å². The maximum Gasteiger partial charge on any atom is 0.116 e. The second-order valence-corrected chi connectivity index (χ2v) is 4.58. The summed E-state index contributed by atoms with van der Waals surface area (Å²) in [5.74, 6) is 0.556. The van der Waals surface area contributed by atoms with Crippen molar-refractivity contribution in [3.05, 3.63) is 48.4 Å². The van der Waals surface area contributed by atoms with Gasteiger partial charge in [0.1, 0.15) is 6.33 Å². The van der Waals surface area contributed by atoms with Gasteiger partial charge in [-0.2, -0.15) is 0 Å². The number of thioether (sulfide) groups is 1. The summed E-state index contributed by atoms with van der Waals surface area (Å²) in [4.78, 5) is 7.92. The third-order valence-electron chi connectivity index (χ3n) is 2.27. The fraction of sp³-hybridized carbons (Fsp3) is 0.167. The zero-order valence-electron chi connectivity index (χ0n) is 9.15. The van der Waals surface area contributed by atoms with E-state index >= 15 is 0 Å². The van der Waals surface area contributed by atoms with Crippen molar-refractivity contribution in [1.82, 2.24) is 9.97 Å². The van der Waals surface area contributed by atoms with Crippen LogP contribution in [-0.4, -0.2) is 20.8 Å². The van der Waals surface area contributed by atoms with E-state index < -0.39 is 6.10 Å². The molecule has 0 saturated heterocycles. The zero-order chi connectivity index (χ0) is 12.1. The largest absolute Gasteiger partial charge is 0.399 e. The van der Waals surface area contributed by atoms with Crippen LogP contribution in [0.3, 0.4) is 0 Å². The van der Waals surface area contributed by atoms with Gasteiger partial charge < -0.3 is 10.8 Å². The van der Waals surface area contributed by atoms with E-state index in [4.69, 9.17) is 5.73 Å². The first kappa shape index (κ1) is 11.9. The molecule has 88 valence electrons. The highest BCUT2D eigenvalue weighted by Crippen LogP contribution is 2.23. The van der Waals surface area contributed by atoms with Crippen LogP contribution >= 0.6 is 11.8 Å². The van der Waals surface area contributed by atoms with Crippen molar-refractivity contribution in [3.63, 3.8) is 0 Å². The van der Waals surface area contributed by atoms with E-state index in [1.165, 1.54) is 18.1 Å². The monoisotopic (exact) mass is 247 g/mol. The minimum atomic E-state index is -0.518. The molecule has 2 rings (SSSR count). The molecule has 0 radical (unpaired) electrons. The van der Waals surface area contributed by atoms with Crippen LogP contribution < -0.4 is 5.73 Å². The molecule has 4 nitrogen and oxygen atoms in total. The standard InChI is InChI=1S/C12H13N3OS/c13-10-3-1-9(2-4-10)11(16)7-17-12-5-6-14-8-15-12/h1-6,8,11,16H,7,13H2. The van der Waals surface area contributed by atoms with E-state index in [0.29, 0.717) is 11.4 Å². The Labute approximate surface area is 104 Å². The predicted octanol–water partition coefficient (Wildman–Crippen LogP) is 1.88. The molecule has 1 aromatic carbocycles. The van der Waals surface area contributed by atoms with Crippen LogP contribution in [0.15, 0.2) is 47.9 Å². The van der Waals surface area contributed by atoms with Gasteiger partial charge in [0.2, 0.25) is 0 Å². The normalized spacial score (nSPS) is 12.3. The fourth-order valence-corrected chi connectivity index (χ4v) is 2.14. The Morgan fingerprint density at radius 2 is 2.00 bits per heavy atom. The summed E-state index contributed by atoms with van der Waals surface area (Å²) in [7, 11) is 0. The molecule has 0 spiro atoms. The lowest BCUT2D eigenvalue weighted by atomic mass is 10.1. The molecule has 5 heteroatoms. The van der Waals surface area contributed by atoms with Gasteiger partial charge in [0, 0.05) is 17.6 Å². The molecule has 1 atom stereocenters. The highest BCUT2D eigenvalue weighted by Gasteiger charge is 2.08. The lowest BCUT2D eigenvalue weighted by Crippen LogP contribution is -2.01. The Balaban J connectivity index is 1.93. The topological polar surface area (TPSA) is 72.0 Å². The van der Waals surface area contributed by atoms with Gasteiger partial charge in [0.05, 0.1) is 11.1 Å². The SMILES string of the molecule is Nc1ccc(C(O)CSc2ccncn2)cc1. The number of rotatable bonds is 4. The highest BCUT2D eigenvalue weighted by atomic mass is 32.2. The van der Waals surface area contributed by atoms with Crippen molar-refractivity contribution in [3.8, 4) is 0 Å². The molecule has 0 fully saturated rings. The summed E-state index contributed by atoms with van der Waals surface area (Å²) >= 11 is 1.50. The van der Waals surface area contributed by atoms with Gasteiger partial charge in [-0.3, -0.25) is 0 Å². The average Bonchev–Trinajstić information content (AvgIpc) is 2.38. The second kappa shape index (κ2) is 5.65. The van der Waals surface area contributed by atoms with Crippen molar-refractivity contribution in [2.24, 2.45) is 0 Å². The van der Waals surface area contributed by atoms with Crippen molar-refractivity contribution in [1.29, 1.82) is 0 Å². The number of aliphatic hydroxyl groups is 1. The van der Waals surface area contributed by atoms with Crippen LogP contribution in [0, 0.1) is 0 Å². The van der Waals surface area contributed by atoms with Gasteiger partial charge in [0.25, 0.3) is 0 Å². The van der Waals surface area contributed by atoms with Crippen LogP contribution in [0.1, 0.15) is 11.7 Å². The maximum atomic E-state index is 9.97. The highest BCUT2D eigenvalue weighted by molar-refractivity contribution is 7.99. The molecular formula is C12H13N3OS. The van der Waals surface area contributed by atoms with Crippen LogP contribution in [0.4, 0.5) is 5.69 Å². The van der Waals surface area contributed by atoms with Crippen molar-refractivity contribution in [2.45, 2.75) is 11.1 Å². The fourth-order valence-electron chi connectivity index (χ4n) is 1.34. The zero-order valence-corrected chi connectivity index (χ0v) is 9.97. The van der Waals surface area contributed by atoms with E-state index in [1.54, 1.807) is 18.3 Å². The quantitative estimate of drug-likeness (QED) is 0.490. The number of nitrogens with zero attached hydrogens (tertiary/aromatic N) is 2. The molecule has 1 heterocycles. The number of aliphatic hydroxyl groups excluding tert-OH is 1. The lowest BCUT2D eigenvalue weighted by molar-refractivity contribution is 0.204. The first-order valence-corrected chi connectivity index (χ1v) is 6.16.